The number of likely N-dealkylation sites (N-methyl/N-ethyl adjacent to an activating group) is 1. The first-order valence-electron chi connectivity index (χ1n) is 9.10. The summed E-state index contributed by atoms with van der Waals surface area (Å²) < 4.78 is 7.51. The van der Waals surface area contributed by atoms with Gasteiger partial charge in [-0.05, 0) is 38.7 Å². The van der Waals surface area contributed by atoms with Gasteiger partial charge < -0.3 is 9.64 Å². The Morgan fingerprint density at radius 3 is 2.68 bits per heavy atom. The number of rotatable bonds is 7. The zero-order valence-electron chi connectivity index (χ0n) is 16.9. The highest BCUT2D eigenvalue weighted by Crippen LogP contribution is 2.18. The number of aromatic nitrogens is 4. The normalized spacial score (nSPS) is 11.0. The molecule has 1 aromatic carbocycles. The number of ether oxygens (including phenoxy) is 1. The van der Waals surface area contributed by atoms with Crippen LogP contribution in [0.4, 0.5) is 0 Å². The number of hydrogen-bond donors (Lipinski definition) is 0. The Hall–Kier alpha value is -2.61. The van der Waals surface area contributed by atoms with Crippen LogP contribution in [-0.4, -0.2) is 56.8 Å². The molecule has 0 aliphatic carbocycles. The lowest BCUT2D eigenvalue weighted by atomic mass is 10.1. The summed E-state index contributed by atoms with van der Waals surface area (Å²) >= 11 is 1.47. The third-order valence-electron chi connectivity index (χ3n) is 4.74. The highest BCUT2D eigenvalue weighted by atomic mass is 32.2. The van der Waals surface area contributed by atoms with E-state index in [0.717, 1.165) is 28.3 Å². The Morgan fingerprint density at radius 1 is 1.21 bits per heavy atom. The molecule has 28 heavy (non-hydrogen) atoms. The van der Waals surface area contributed by atoms with Crippen LogP contribution in [-0.2, 0) is 11.2 Å². The van der Waals surface area contributed by atoms with Crippen molar-refractivity contribution in [1.29, 1.82) is 0 Å². The van der Waals surface area contributed by atoms with Crippen molar-refractivity contribution >= 4 is 23.4 Å². The zero-order valence-corrected chi connectivity index (χ0v) is 17.7. The van der Waals surface area contributed by atoms with Crippen LogP contribution in [0.1, 0.15) is 22.5 Å². The van der Waals surface area contributed by atoms with E-state index in [0.29, 0.717) is 24.1 Å². The van der Waals surface area contributed by atoms with Gasteiger partial charge in [-0.1, -0.05) is 30.0 Å². The summed E-state index contributed by atoms with van der Waals surface area (Å²) in [7, 11) is 1.79. The van der Waals surface area contributed by atoms with Crippen LogP contribution >= 0.6 is 11.8 Å². The van der Waals surface area contributed by atoms with Crippen molar-refractivity contribution in [3.63, 3.8) is 0 Å². The molecule has 3 aromatic rings. The first kappa shape index (κ1) is 20.1. The van der Waals surface area contributed by atoms with Crippen LogP contribution < -0.4 is 4.74 Å². The lowest BCUT2D eigenvalue weighted by Crippen LogP contribution is -2.32. The summed E-state index contributed by atoms with van der Waals surface area (Å²) in [5.41, 5.74) is 3.68. The van der Waals surface area contributed by atoms with Crippen molar-refractivity contribution in [2.24, 2.45) is 0 Å². The van der Waals surface area contributed by atoms with Gasteiger partial charge in [0.1, 0.15) is 12.4 Å². The van der Waals surface area contributed by atoms with Crippen LogP contribution in [0.3, 0.4) is 0 Å². The van der Waals surface area contributed by atoms with Crippen LogP contribution in [0.2, 0.25) is 0 Å². The molecule has 2 aromatic heterocycles. The molecule has 0 aliphatic rings. The standard InChI is InChI=1S/C20H25N5O2S/c1-13-8-6-7-9-17(13)27-11-10-24(4)18(26)12-16-14(2)21-19-22-20(28-5)23-25(19)15(16)3/h6-9H,10-12H2,1-5H3. The summed E-state index contributed by atoms with van der Waals surface area (Å²) in [4.78, 5) is 23.3. The molecule has 8 heteroatoms. The van der Waals surface area contributed by atoms with Crippen molar-refractivity contribution in [3.8, 4) is 5.75 Å². The molecule has 0 aliphatic heterocycles. The minimum absolute atomic E-state index is 0.0194. The Balaban J connectivity index is 1.66. The van der Waals surface area contributed by atoms with Crippen molar-refractivity contribution in [1.82, 2.24) is 24.5 Å². The predicted octanol–water partition coefficient (Wildman–Crippen LogP) is 2.85. The molecule has 7 nitrogen and oxygen atoms in total. The maximum atomic E-state index is 12.7. The van der Waals surface area contributed by atoms with Crippen molar-refractivity contribution < 1.29 is 9.53 Å². The molecule has 0 radical (unpaired) electrons. The smallest absolute Gasteiger partial charge is 0.253 e. The number of carbonyl (C=O) groups excluding carboxylic acids is 1. The maximum Gasteiger partial charge on any atom is 0.253 e. The second kappa shape index (κ2) is 8.60. The summed E-state index contributed by atoms with van der Waals surface area (Å²) in [6.07, 6.45) is 2.20. The lowest BCUT2D eigenvalue weighted by Gasteiger charge is -2.19. The lowest BCUT2D eigenvalue weighted by molar-refractivity contribution is -0.129. The number of aryl methyl sites for hydroxylation is 3. The molecule has 3 rings (SSSR count). The van der Waals surface area contributed by atoms with Crippen molar-refractivity contribution in [2.75, 3.05) is 26.5 Å². The number of para-hydroxylation sites is 1. The van der Waals surface area contributed by atoms with Gasteiger partial charge in [-0.25, -0.2) is 9.50 Å². The number of hydrogen-bond acceptors (Lipinski definition) is 6. The Labute approximate surface area is 169 Å². The molecule has 0 N–H and O–H groups in total. The van der Waals surface area contributed by atoms with E-state index in [1.807, 2.05) is 51.3 Å². The second-order valence-corrected chi connectivity index (χ2v) is 7.45. The highest BCUT2D eigenvalue weighted by molar-refractivity contribution is 7.98. The van der Waals surface area contributed by atoms with Gasteiger partial charge >= 0.3 is 0 Å². The minimum atomic E-state index is 0.0194. The molecule has 148 valence electrons. The van der Waals surface area contributed by atoms with Crippen LogP contribution in [0.25, 0.3) is 5.78 Å². The second-order valence-electron chi connectivity index (χ2n) is 6.68. The molecule has 1 amide bonds. The minimum Gasteiger partial charge on any atom is -0.491 e. The van der Waals surface area contributed by atoms with E-state index >= 15 is 0 Å². The van der Waals surface area contributed by atoms with Gasteiger partial charge in [-0.3, -0.25) is 4.79 Å². The summed E-state index contributed by atoms with van der Waals surface area (Å²) in [6, 6.07) is 7.86. The van der Waals surface area contributed by atoms with Gasteiger partial charge in [0, 0.05) is 24.0 Å². The first-order chi connectivity index (χ1) is 13.4. The van der Waals surface area contributed by atoms with Crippen molar-refractivity contribution in [3.05, 3.63) is 46.8 Å². The molecular formula is C20H25N5O2S. The van der Waals surface area contributed by atoms with Gasteiger partial charge in [0.2, 0.25) is 11.1 Å². The van der Waals surface area contributed by atoms with E-state index in [1.54, 1.807) is 16.5 Å². The Kier molecular flexibility index (Phi) is 6.18. The van der Waals surface area contributed by atoms with Crippen molar-refractivity contribution in [2.45, 2.75) is 32.3 Å². The number of fused-ring (bicyclic) bond motifs is 1. The fourth-order valence-electron chi connectivity index (χ4n) is 2.95. The van der Waals surface area contributed by atoms with Gasteiger partial charge in [0.25, 0.3) is 5.78 Å². The van der Waals surface area contributed by atoms with Gasteiger partial charge in [0.15, 0.2) is 0 Å². The van der Waals surface area contributed by atoms with E-state index in [-0.39, 0.29) is 12.3 Å². The van der Waals surface area contributed by atoms with Gasteiger partial charge in [0.05, 0.1) is 13.0 Å². The first-order valence-corrected chi connectivity index (χ1v) is 10.3. The number of nitrogens with zero attached hydrogens (tertiary/aromatic N) is 5. The van der Waals surface area contributed by atoms with Crippen LogP contribution in [0.5, 0.6) is 5.75 Å². The van der Waals surface area contributed by atoms with Gasteiger partial charge in [-0.15, -0.1) is 5.10 Å². The third kappa shape index (κ3) is 4.27. The largest absolute Gasteiger partial charge is 0.491 e. The summed E-state index contributed by atoms with van der Waals surface area (Å²) in [5, 5.41) is 5.11. The molecule has 0 bridgehead atoms. The van der Waals surface area contributed by atoms with E-state index in [4.69, 9.17) is 4.74 Å². The van der Waals surface area contributed by atoms with E-state index in [1.165, 1.54) is 11.8 Å². The zero-order chi connectivity index (χ0) is 20.3. The van der Waals surface area contributed by atoms with Crippen LogP contribution in [0, 0.1) is 20.8 Å². The Morgan fingerprint density at radius 2 is 1.96 bits per heavy atom. The SMILES string of the molecule is CSc1nc2nc(C)c(CC(=O)N(C)CCOc3ccccc3C)c(C)n2n1. The molecule has 0 atom stereocenters. The fourth-order valence-corrected chi connectivity index (χ4v) is 3.29. The summed E-state index contributed by atoms with van der Waals surface area (Å²) in [6.45, 7) is 6.82. The maximum absolute atomic E-state index is 12.7. The number of carbonyl (C=O) groups is 1. The summed E-state index contributed by atoms with van der Waals surface area (Å²) in [5.74, 6) is 1.43. The monoisotopic (exact) mass is 399 g/mol. The average Bonchev–Trinajstić information content (AvgIpc) is 3.09. The van der Waals surface area contributed by atoms with E-state index < -0.39 is 0 Å². The molecule has 0 unspecified atom stereocenters. The topological polar surface area (TPSA) is 72.6 Å². The van der Waals surface area contributed by atoms with E-state index in [2.05, 4.69) is 15.1 Å². The average molecular weight is 400 g/mol. The number of thioether (sulfide) groups is 1. The number of benzene rings is 1. The fraction of sp³-hybridized carbons (Fsp3) is 0.400. The molecule has 2 heterocycles. The van der Waals surface area contributed by atoms with Crippen LogP contribution in [0.15, 0.2) is 29.4 Å². The Bertz CT molecular complexity index is 1000. The number of amides is 1. The molecular weight excluding hydrogens is 374 g/mol. The molecule has 0 saturated carbocycles. The van der Waals surface area contributed by atoms with Gasteiger partial charge in [-0.2, -0.15) is 4.98 Å². The predicted molar refractivity (Wildman–Crippen MR) is 110 cm³/mol. The third-order valence-corrected chi connectivity index (χ3v) is 5.28. The molecule has 0 fully saturated rings. The quantitative estimate of drug-likeness (QED) is 0.569. The molecule has 0 saturated heterocycles. The molecule has 0 spiro atoms. The highest BCUT2D eigenvalue weighted by Gasteiger charge is 2.18. The van der Waals surface area contributed by atoms with E-state index in [9.17, 15) is 4.79 Å².